The van der Waals surface area contributed by atoms with Crippen molar-refractivity contribution in [2.45, 2.75) is 25.5 Å². The highest BCUT2D eigenvalue weighted by atomic mass is 19.1. The fraction of sp³-hybridized carbons (Fsp3) is 0.385. The Bertz CT molecular complexity index is 623. The molecule has 18 heavy (non-hydrogen) atoms. The molecule has 0 radical (unpaired) electrons. The minimum Gasteiger partial charge on any atom is -0.358 e. The molecule has 0 spiro atoms. The standard InChI is InChI=1S/C13H12FN3O/c14-10-5-9(7-15)13-11(6-10)17(8-16-13)12-3-1-2-4-18-12/h5-6,8,12H,1-4H2. The maximum absolute atomic E-state index is 13.5. The second kappa shape index (κ2) is 4.39. The Morgan fingerprint density at radius 1 is 1.44 bits per heavy atom. The van der Waals surface area contributed by atoms with Gasteiger partial charge in [-0.15, -0.1) is 0 Å². The van der Waals surface area contributed by atoms with Crippen LogP contribution >= 0.6 is 0 Å². The maximum atomic E-state index is 13.5. The summed E-state index contributed by atoms with van der Waals surface area (Å²) in [5, 5.41) is 8.98. The van der Waals surface area contributed by atoms with Crippen LogP contribution in [-0.2, 0) is 4.74 Å². The van der Waals surface area contributed by atoms with Gasteiger partial charge in [0.05, 0.1) is 17.4 Å². The van der Waals surface area contributed by atoms with Crippen LogP contribution in [0.1, 0.15) is 31.1 Å². The van der Waals surface area contributed by atoms with Crippen LogP contribution in [0.2, 0.25) is 0 Å². The second-order valence-corrected chi connectivity index (χ2v) is 4.41. The molecule has 1 atom stereocenters. The summed E-state index contributed by atoms with van der Waals surface area (Å²) in [6, 6.07) is 4.58. The molecule has 1 aromatic heterocycles. The van der Waals surface area contributed by atoms with Crippen LogP contribution in [0.25, 0.3) is 11.0 Å². The van der Waals surface area contributed by atoms with Gasteiger partial charge in [-0.25, -0.2) is 9.37 Å². The van der Waals surface area contributed by atoms with Crippen molar-refractivity contribution in [2.24, 2.45) is 0 Å². The molecule has 1 aliphatic heterocycles. The predicted octanol–water partition coefficient (Wildman–Crippen LogP) is 2.75. The summed E-state index contributed by atoms with van der Waals surface area (Å²) < 4.78 is 21.0. The molecular weight excluding hydrogens is 233 g/mol. The molecule has 0 saturated carbocycles. The Morgan fingerprint density at radius 3 is 3.06 bits per heavy atom. The molecule has 1 fully saturated rings. The van der Waals surface area contributed by atoms with E-state index in [4.69, 9.17) is 10.00 Å². The van der Waals surface area contributed by atoms with E-state index in [0.717, 1.165) is 19.3 Å². The number of imidazole rings is 1. The van der Waals surface area contributed by atoms with Crippen LogP contribution in [0.3, 0.4) is 0 Å². The van der Waals surface area contributed by atoms with Gasteiger partial charge >= 0.3 is 0 Å². The van der Waals surface area contributed by atoms with Crippen LogP contribution in [0.4, 0.5) is 4.39 Å². The molecular formula is C13H12FN3O. The van der Waals surface area contributed by atoms with E-state index >= 15 is 0 Å². The molecule has 92 valence electrons. The highest BCUT2D eigenvalue weighted by Crippen LogP contribution is 2.28. The lowest BCUT2D eigenvalue weighted by Gasteiger charge is -2.24. The molecule has 1 unspecified atom stereocenters. The first-order chi connectivity index (χ1) is 8.79. The number of fused-ring (bicyclic) bond motifs is 1. The van der Waals surface area contributed by atoms with Gasteiger partial charge in [-0.1, -0.05) is 0 Å². The molecule has 1 saturated heterocycles. The Hall–Kier alpha value is -1.93. The number of benzene rings is 1. The molecule has 0 aliphatic carbocycles. The van der Waals surface area contributed by atoms with Crippen LogP contribution < -0.4 is 0 Å². The Balaban J connectivity index is 2.13. The number of hydrogen-bond donors (Lipinski definition) is 0. The molecule has 1 aliphatic rings. The summed E-state index contributed by atoms with van der Waals surface area (Å²) in [5.41, 5.74) is 1.42. The number of nitrogens with zero attached hydrogens (tertiary/aromatic N) is 3. The largest absolute Gasteiger partial charge is 0.358 e. The fourth-order valence-electron chi connectivity index (χ4n) is 2.36. The van der Waals surface area contributed by atoms with Gasteiger partial charge in [0.1, 0.15) is 23.6 Å². The third kappa shape index (κ3) is 1.75. The van der Waals surface area contributed by atoms with E-state index in [-0.39, 0.29) is 11.8 Å². The fourth-order valence-corrected chi connectivity index (χ4v) is 2.36. The first-order valence-corrected chi connectivity index (χ1v) is 5.97. The minimum atomic E-state index is -0.420. The third-order valence-corrected chi connectivity index (χ3v) is 3.23. The zero-order chi connectivity index (χ0) is 12.5. The van der Waals surface area contributed by atoms with Crippen LogP contribution in [0.15, 0.2) is 18.5 Å². The van der Waals surface area contributed by atoms with Crippen molar-refractivity contribution in [2.75, 3.05) is 6.61 Å². The van der Waals surface area contributed by atoms with E-state index in [1.807, 2.05) is 10.6 Å². The number of halogens is 1. The number of aromatic nitrogens is 2. The van der Waals surface area contributed by atoms with Crippen LogP contribution in [0, 0.1) is 17.1 Å². The average Bonchev–Trinajstić information content (AvgIpc) is 2.82. The highest BCUT2D eigenvalue weighted by Gasteiger charge is 2.19. The van der Waals surface area contributed by atoms with Gasteiger partial charge in [-0.3, -0.25) is 0 Å². The molecule has 0 bridgehead atoms. The van der Waals surface area contributed by atoms with E-state index < -0.39 is 5.82 Å². The summed E-state index contributed by atoms with van der Waals surface area (Å²) in [5.74, 6) is -0.420. The summed E-state index contributed by atoms with van der Waals surface area (Å²) in [7, 11) is 0. The Kier molecular flexibility index (Phi) is 2.73. The van der Waals surface area contributed by atoms with Gasteiger partial charge in [-0.2, -0.15) is 5.26 Å². The SMILES string of the molecule is N#Cc1cc(F)cc2c1ncn2C1CCCCO1. The number of rotatable bonds is 1. The van der Waals surface area contributed by atoms with Crippen molar-refractivity contribution in [1.29, 1.82) is 5.26 Å². The number of nitriles is 1. The Labute approximate surface area is 104 Å². The number of hydrogen-bond acceptors (Lipinski definition) is 3. The monoisotopic (exact) mass is 245 g/mol. The topological polar surface area (TPSA) is 50.8 Å². The summed E-state index contributed by atoms with van der Waals surface area (Å²) in [4.78, 5) is 4.20. The second-order valence-electron chi connectivity index (χ2n) is 4.41. The van der Waals surface area contributed by atoms with Crippen molar-refractivity contribution in [1.82, 2.24) is 9.55 Å². The van der Waals surface area contributed by atoms with Gasteiger partial charge < -0.3 is 9.30 Å². The quantitative estimate of drug-likeness (QED) is 0.776. The molecule has 5 heteroatoms. The molecule has 2 aromatic rings. The van der Waals surface area contributed by atoms with Crippen molar-refractivity contribution >= 4 is 11.0 Å². The normalized spacial score (nSPS) is 19.9. The van der Waals surface area contributed by atoms with Gasteiger partial charge in [0, 0.05) is 6.61 Å². The molecule has 2 heterocycles. The molecule has 0 N–H and O–H groups in total. The zero-order valence-electron chi connectivity index (χ0n) is 9.77. The summed E-state index contributed by atoms with van der Waals surface area (Å²) in [6.07, 6.45) is 4.56. The van der Waals surface area contributed by atoms with Crippen molar-refractivity contribution < 1.29 is 9.13 Å². The van der Waals surface area contributed by atoms with Gasteiger partial charge in [0.2, 0.25) is 0 Å². The lowest BCUT2D eigenvalue weighted by molar-refractivity contribution is -0.0295. The first kappa shape index (κ1) is 11.2. The molecule has 1 aromatic carbocycles. The van der Waals surface area contributed by atoms with Gasteiger partial charge in [0.15, 0.2) is 0 Å². The van der Waals surface area contributed by atoms with E-state index in [1.54, 1.807) is 6.33 Å². The van der Waals surface area contributed by atoms with E-state index in [0.29, 0.717) is 17.6 Å². The number of ether oxygens (including phenoxy) is 1. The first-order valence-electron chi connectivity index (χ1n) is 5.97. The smallest absolute Gasteiger partial charge is 0.135 e. The Morgan fingerprint density at radius 2 is 2.33 bits per heavy atom. The van der Waals surface area contributed by atoms with Gasteiger partial charge in [0.25, 0.3) is 0 Å². The molecule has 4 nitrogen and oxygen atoms in total. The van der Waals surface area contributed by atoms with Crippen molar-refractivity contribution in [3.8, 4) is 6.07 Å². The summed E-state index contributed by atoms with van der Waals surface area (Å²) >= 11 is 0. The highest BCUT2D eigenvalue weighted by molar-refractivity contribution is 5.81. The van der Waals surface area contributed by atoms with E-state index in [2.05, 4.69) is 4.98 Å². The van der Waals surface area contributed by atoms with Crippen molar-refractivity contribution in [3.63, 3.8) is 0 Å². The lowest BCUT2D eigenvalue weighted by Crippen LogP contribution is -2.17. The van der Waals surface area contributed by atoms with Crippen molar-refractivity contribution in [3.05, 3.63) is 29.8 Å². The maximum Gasteiger partial charge on any atom is 0.135 e. The third-order valence-electron chi connectivity index (χ3n) is 3.23. The predicted molar refractivity (Wildman–Crippen MR) is 63.2 cm³/mol. The average molecular weight is 245 g/mol. The van der Waals surface area contributed by atoms with Crippen LogP contribution in [0.5, 0.6) is 0 Å². The van der Waals surface area contributed by atoms with E-state index in [1.165, 1.54) is 12.1 Å². The molecule has 0 amide bonds. The minimum absolute atomic E-state index is 0.0999. The zero-order valence-corrected chi connectivity index (χ0v) is 9.77. The summed E-state index contributed by atoms with van der Waals surface area (Å²) in [6.45, 7) is 0.713. The van der Waals surface area contributed by atoms with E-state index in [9.17, 15) is 4.39 Å². The van der Waals surface area contributed by atoms with Crippen LogP contribution in [-0.4, -0.2) is 16.2 Å². The lowest BCUT2D eigenvalue weighted by atomic mass is 10.1. The van der Waals surface area contributed by atoms with Gasteiger partial charge in [-0.05, 0) is 31.4 Å². The molecule has 3 rings (SSSR count).